The van der Waals surface area contributed by atoms with Gasteiger partial charge in [-0.1, -0.05) is 0 Å². The maximum atomic E-state index is 13.0. The molecule has 11 nitrogen and oxygen atoms in total. The van der Waals surface area contributed by atoms with E-state index in [1.54, 1.807) is 10.9 Å². The normalized spacial score (nSPS) is 16.5. The zero-order valence-electron chi connectivity index (χ0n) is 19.4. The second-order valence-corrected chi connectivity index (χ2v) is 8.48. The van der Waals surface area contributed by atoms with Crippen LogP contribution < -0.4 is 20.9 Å². The molecule has 170 valence electrons. The van der Waals surface area contributed by atoms with Crippen molar-refractivity contribution in [3.05, 3.63) is 23.5 Å². The van der Waals surface area contributed by atoms with E-state index in [4.69, 9.17) is 5.73 Å². The lowest BCUT2D eigenvalue weighted by molar-refractivity contribution is 0.200. The van der Waals surface area contributed by atoms with Crippen LogP contribution in [0.5, 0.6) is 0 Å². The second-order valence-electron chi connectivity index (χ2n) is 8.48. The van der Waals surface area contributed by atoms with E-state index in [-0.39, 0.29) is 18.0 Å². The van der Waals surface area contributed by atoms with E-state index in [1.807, 2.05) is 50.9 Å². The highest BCUT2D eigenvalue weighted by Crippen LogP contribution is 2.30. The summed E-state index contributed by atoms with van der Waals surface area (Å²) in [6, 6.07) is 1.86. The lowest BCUT2D eigenvalue weighted by Crippen LogP contribution is -2.55. The Balaban J connectivity index is 1.51. The minimum absolute atomic E-state index is 0.0435. The lowest BCUT2D eigenvalue weighted by atomic mass is 10.1. The first-order valence-corrected chi connectivity index (χ1v) is 10.6. The van der Waals surface area contributed by atoms with Gasteiger partial charge in [-0.05, 0) is 32.4 Å². The first kappa shape index (κ1) is 21.6. The van der Waals surface area contributed by atoms with Crippen LogP contribution >= 0.6 is 0 Å². The minimum Gasteiger partial charge on any atom is -0.368 e. The van der Waals surface area contributed by atoms with E-state index in [0.717, 1.165) is 28.3 Å². The number of rotatable bonds is 3. The molecule has 1 saturated heterocycles. The van der Waals surface area contributed by atoms with Crippen LogP contribution in [0.3, 0.4) is 0 Å². The van der Waals surface area contributed by atoms with Crippen molar-refractivity contribution in [3.63, 3.8) is 0 Å². The molecule has 11 heteroatoms. The molecule has 0 bridgehead atoms. The van der Waals surface area contributed by atoms with Crippen molar-refractivity contribution >= 4 is 40.3 Å². The van der Waals surface area contributed by atoms with E-state index in [1.165, 1.54) is 0 Å². The molecule has 3 aromatic rings. The molecule has 0 saturated carbocycles. The van der Waals surface area contributed by atoms with Crippen LogP contribution in [0.2, 0.25) is 0 Å². The van der Waals surface area contributed by atoms with Gasteiger partial charge in [-0.2, -0.15) is 15.1 Å². The number of hydrogen-bond acceptors (Lipinski definition) is 8. The van der Waals surface area contributed by atoms with Crippen molar-refractivity contribution in [2.24, 2.45) is 7.05 Å². The summed E-state index contributed by atoms with van der Waals surface area (Å²) >= 11 is 0. The van der Waals surface area contributed by atoms with Crippen LogP contribution in [0.1, 0.15) is 18.2 Å². The molecule has 2 amide bonds. The van der Waals surface area contributed by atoms with Crippen molar-refractivity contribution in [1.82, 2.24) is 29.6 Å². The van der Waals surface area contributed by atoms with E-state index < -0.39 is 0 Å². The summed E-state index contributed by atoms with van der Waals surface area (Å²) in [5, 5.41) is 8.37. The summed E-state index contributed by atoms with van der Waals surface area (Å²) in [5.41, 5.74) is 9.23. The number of carbonyl (C=O) groups is 1. The topological polar surface area (TPSA) is 121 Å². The molecular formula is C21H30N10O. The van der Waals surface area contributed by atoms with Gasteiger partial charge in [-0.15, -0.1) is 0 Å². The number of nitrogens with one attached hydrogen (secondary N) is 1. The fourth-order valence-corrected chi connectivity index (χ4v) is 4.11. The second kappa shape index (κ2) is 8.13. The number of piperazine rings is 1. The van der Waals surface area contributed by atoms with Crippen LogP contribution in [0, 0.1) is 13.8 Å². The number of amides is 2. The van der Waals surface area contributed by atoms with Crippen LogP contribution in [-0.2, 0) is 7.05 Å². The van der Waals surface area contributed by atoms with Crippen LogP contribution in [0.15, 0.2) is 12.3 Å². The molecule has 0 spiro atoms. The number of nitrogen functional groups attached to an aromatic ring is 1. The molecular weight excluding hydrogens is 408 g/mol. The van der Waals surface area contributed by atoms with Gasteiger partial charge >= 0.3 is 6.03 Å². The molecule has 0 aromatic carbocycles. The molecule has 3 aromatic heterocycles. The molecule has 32 heavy (non-hydrogen) atoms. The summed E-state index contributed by atoms with van der Waals surface area (Å²) in [5.74, 6) is 1.83. The van der Waals surface area contributed by atoms with Gasteiger partial charge in [-0.3, -0.25) is 0 Å². The highest BCUT2D eigenvalue weighted by molar-refractivity contribution is 5.92. The van der Waals surface area contributed by atoms with Gasteiger partial charge in [0.15, 0.2) is 5.65 Å². The fourth-order valence-electron chi connectivity index (χ4n) is 4.11. The van der Waals surface area contributed by atoms with Crippen LogP contribution in [-0.4, -0.2) is 75.4 Å². The van der Waals surface area contributed by atoms with Gasteiger partial charge in [0.2, 0.25) is 5.95 Å². The van der Waals surface area contributed by atoms with Gasteiger partial charge in [0.25, 0.3) is 0 Å². The van der Waals surface area contributed by atoms with Crippen LogP contribution in [0.4, 0.5) is 28.1 Å². The van der Waals surface area contributed by atoms with E-state index in [0.29, 0.717) is 31.0 Å². The summed E-state index contributed by atoms with van der Waals surface area (Å²) < 4.78 is 1.72. The molecule has 1 atom stereocenters. The Morgan fingerprint density at radius 2 is 2.00 bits per heavy atom. The van der Waals surface area contributed by atoms with E-state index >= 15 is 0 Å². The summed E-state index contributed by atoms with van der Waals surface area (Å²) in [6.07, 6.45) is 1.70. The molecule has 4 heterocycles. The molecule has 3 N–H and O–H groups in total. The Hall–Kier alpha value is -3.63. The third-order valence-electron chi connectivity index (χ3n) is 5.84. The molecule has 1 aliphatic rings. The largest absolute Gasteiger partial charge is 0.368 e. The maximum Gasteiger partial charge on any atom is 0.322 e. The number of aromatic nitrogens is 5. The SMILES string of the molecule is Cc1cc(N(C)C)ncc1NC(=O)N1CCN(c2nc(N)nc3c2c(C)nn3C)[C@@H](C)C1. The summed E-state index contributed by atoms with van der Waals surface area (Å²) in [4.78, 5) is 32.2. The monoisotopic (exact) mass is 438 g/mol. The number of anilines is 4. The Morgan fingerprint density at radius 3 is 2.66 bits per heavy atom. The Morgan fingerprint density at radius 1 is 1.25 bits per heavy atom. The van der Waals surface area contributed by atoms with E-state index in [2.05, 4.69) is 37.2 Å². The first-order valence-electron chi connectivity index (χ1n) is 10.6. The number of urea groups is 1. The zero-order valence-corrected chi connectivity index (χ0v) is 19.4. The zero-order chi connectivity index (χ0) is 23.2. The smallest absolute Gasteiger partial charge is 0.322 e. The maximum absolute atomic E-state index is 13.0. The number of pyridine rings is 1. The summed E-state index contributed by atoms with van der Waals surface area (Å²) in [7, 11) is 5.72. The highest BCUT2D eigenvalue weighted by Gasteiger charge is 2.30. The molecule has 0 unspecified atom stereocenters. The predicted octanol–water partition coefficient (Wildman–Crippen LogP) is 1.77. The van der Waals surface area contributed by atoms with Crippen molar-refractivity contribution in [1.29, 1.82) is 0 Å². The van der Waals surface area contributed by atoms with E-state index in [9.17, 15) is 4.79 Å². The first-order chi connectivity index (χ1) is 15.2. The molecule has 0 aliphatic carbocycles. The van der Waals surface area contributed by atoms with Gasteiger partial charge < -0.3 is 25.8 Å². The Labute approximate surface area is 187 Å². The molecule has 0 radical (unpaired) electrons. The van der Waals surface area contributed by atoms with Gasteiger partial charge in [0, 0.05) is 46.8 Å². The number of hydrogen-bond donors (Lipinski definition) is 2. The quantitative estimate of drug-likeness (QED) is 0.635. The Bertz CT molecular complexity index is 1170. The number of nitrogens with zero attached hydrogens (tertiary/aromatic N) is 8. The van der Waals surface area contributed by atoms with Crippen molar-refractivity contribution in [2.75, 3.05) is 54.6 Å². The van der Waals surface area contributed by atoms with Gasteiger partial charge in [0.05, 0.1) is 23.0 Å². The number of fused-ring (bicyclic) bond motifs is 1. The predicted molar refractivity (Wildman–Crippen MR) is 126 cm³/mol. The number of nitrogens with two attached hydrogens (primary N) is 1. The van der Waals surface area contributed by atoms with Crippen molar-refractivity contribution in [3.8, 4) is 0 Å². The van der Waals surface area contributed by atoms with Gasteiger partial charge in [-0.25, -0.2) is 14.5 Å². The molecule has 1 aliphatic heterocycles. The average molecular weight is 439 g/mol. The van der Waals surface area contributed by atoms with Crippen molar-refractivity contribution in [2.45, 2.75) is 26.8 Å². The number of carbonyl (C=O) groups excluding carboxylic acids is 1. The standard InChI is InChI=1S/C21H30N10O/c1-12-9-16(28(4)5)23-10-15(12)24-21(32)30-7-8-31(13(2)11-30)19-17-14(3)27-29(6)18(17)25-20(22)26-19/h9-10,13H,7-8,11H2,1-6H3,(H,24,32)(H2,22,25,26)/t13-/m0/s1. The highest BCUT2D eigenvalue weighted by atomic mass is 16.2. The minimum atomic E-state index is -0.135. The van der Waals surface area contributed by atoms with Gasteiger partial charge in [0.1, 0.15) is 11.6 Å². The third kappa shape index (κ3) is 3.85. The average Bonchev–Trinajstić information content (AvgIpc) is 3.02. The third-order valence-corrected chi connectivity index (χ3v) is 5.84. The molecule has 1 fully saturated rings. The molecule has 4 rings (SSSR count). The van der Waals surface area contributed by atoms with Crippen LogP contribution in [0.25, 0.3) is 11.0 Å². The Kier molecular flexibility index (Phi) is 5.49. The van der Waals surface area contributed by atoms with Crippen molar-refractivity contribution < 1.29 is 4.79 Å². The fraction of sp³-hybridized carbons (Fsp3) is 0.476. The lowest BCUT2D eigenvalue weighted by Gasteiger charge is -2.40. The number of aryl methyl sites for hydroxylation is 3. The summed E-state index contributed by atoms with van der Waals surface area (Å²) in [6.45, 7) is 7.73.